The van der Waals surface area contributed by atoms with E-state index in [-0.39, 0.29) is 24.0 Å². The number of nitrogens with zero attached hydrogens (tertiary/aromatic N) is 1. The first-order valence-corrected chi connectivity index (χ1v) is 7.51. The molecule has 1 aromatic heterocycles. The molecule has 110 valence electrons. The maximum absolute atomic E-state index is 12.3. The highest BCUT2D eigenvalue weighted by atomic mass is 16.3. The second-order valence-electron chi connectivity index (χ2n) is 5.74. The fourth-order valence-electron chi connectivity index (χ4n) is 2.70. The van der Waals surface area contributed by atoms with E-state index in [2.05, 4.69) is 17.2 Å². The Bertz CT molecular complexity index is 436. The summed E-state index contributed by atoms with van der Waals surface area (Å²) in [5.74, 6) is 0.143. The van der Waals surface area contributed by atoms with E-state index in [1.165, 1.54) is 0 Å². The van der Waals surface area contributed by atoms with Crippen molar-refractivity contribution in [3.8, 4) is 0 Å². The van der Waals surface area contributed by atoms with Crippen molar-refractivity contribution in [1.82, 2.24) is 10.3 Å². The maximum atomic E-state index is 12.3. The molecule has 1 amide bonds. The van der Waals surface area contributed by atoms with Crippen LogP contribution in [0.15, 0.2) is 18.3 Å². The van der Waals surface area contributed by atoms with E-state index in [1.54, 1.807) is 0 Å². The summed E-state index contributed by atoms with van der Waals surface area (Å²) in [5, 5.41) is 12.6. The van der Waals surface area contributed by atoms with Crippen LogP contribution >= 0.6 is 0 Å². The van der Waals surface area contributed by atoms with E-state index in [9.17, 15) is 9.90 Å². The van der Waals surface area contributed by atoms with Crippen LogP contribution in [0, 0.1) is 12.8 Å². The molecule has 4 nitrogen and oxygen atoms in total. The lowest BCUT2D eigenvalue weighted by Crippen LogP contribution is -2.36. The molecule has 0 radical (unpaired) electrons. The van der Waals surface area contributed by atoms with Gasteiger partial charge in [0.15, 0.2) is 0 Å². The van der Waals surface area contributed by atoms with Gasteiger partial charge in [-0.15, -0.1) is 0 Å². The third-order valence-electron chi connectivity index (χ3n) is 4.08. The predicted octanol–water partition coefficient (Wildman–Crippen LogP) is 2.51. The average Bonchev–Trinajstić information content (AvgIpc) is 2.46. The van der Waals surface area contributed by atoms with Gasteiger partial charge in [0.05, 0.1) is 17.8 Å². The lowest BCUT2D eigenvalue weighted by Gasteiger charge is -2.26. The van der Waals surface area contributed by atoms with Crippen LogP contribution in [0.4, 0.5) is 0 Å². The number of carbonyl (C=O) groups excluding carboxylic acids is 1. The molecule has 0 unspecified atom stereocenters. The van der Waals surface area contributed by atoms with E-state index >= 15 is 0 Å². The molecule has 0 saturated heterocycles. The predicted molar refractivity (Wildman–Crippen MR) is 78.1 cm³/mol. The molecule has 20 heavy (non-hydrogen) atoms. The summed E-state index contributed by atoms with van der Waals surface area (Å²) in [4.78, 5) is 16.7. The van der Waals surface area contributed by atoms with Crippen molar-refractivity contribution in [1.29, 1.82) is 0 Å². The van der Waals surface area contributed by atoms with Crippen LogP contribution in [-0.4, -0.2) is 22.1 Å². The summed E-state index contributed by atoms with van der Waals surface area (Å²) in [6.07, 6.45) is 5.48. The van der Waals surface area contributed by atoms with Gasteiger partial charge in [0.25, 0.3) is 0 Å². The van der Waals surface area contributed by atoms with Crippen LogP contribution in [0.1, 0.15) is 56.3 Å². The monoisotopic (exact) mass is 276 g/mol. The first-order chi connectivity index (χ1) is 9.60. The van der Waals surface area contributed by atoms with Crippen molar-refractivity contribution in [2.75, 3.05) is 0 Å². The number of aliphatic hydroxyl groups is 1. The molecule has 1 aliphatic rings. The molecule has 1 fully saturated rings. The van der Waals surface area contributed by atoms with Crippen LogP contribution in [0.2, 0.25) is 0 Å². The Morgan fingerprint density at radius 1 is 1.40 bits per heavy atom. The Hall–Kier alpha value is -1.42. The lowest BCUT2D eigenvalue weighted by molar-refractivity contribution is -0.127. The van der Waals surface area contributed by atoms with E-state index in [0.29, 0.717) is 0 Å². The van der Waals surface area contributed by atoms with Gasteiger partial charge in [0.1, 0.15) is 0 Å². The lowest BCUT2D eigenvalue weighted by atomic mass is 9.86. The van der Waals surface area contributed by atoms with Gasteiger partial charge in [-0.2, -0.15) is 0 Å². The quantitative estimate of drug-likeness (QED) is 0.888. The maximum Gasteiger partial charge on any atom is 0.223 e. The van der Waals surface area contributed by atoms with Crippen LogP contribution < -0.4 is 5.32 Å². The molecule has 1 aliphatic carbocycles. The van der Waals surface area contributed by atoms with Crippen LogP contribution in [0.5, 0.6) is 0 Å². The molecule has 0 aliphatic heterocycles. The molecule has 1 heterocycles. The van der Waals surface area contributed by atoms with Crippen molar-refractivity contribution in [2.45, 2.75) is 58.1 Å². The zero-order valence-corrected chi connectivity index (χ0v) is 12.3. The smallest absolute Gasteiger partial charge is 0.223 e. The zero-order chi connectivity index (χ0) is 14.5. The number of nitrogens with one attached hydrogen (secondary N) is 1. The molecular weight excluding hydrogens is 252 g/mol. The van der Waals surface area contributed by atoms with Gasteiger partial charge in [0, 0.05) is 12.1 Å². The minimum atomic E-state index is -0.222. The second kappa shape index (κ2) is 6.84. The number of aliphatic hydroxyl groups excluding tert-OH is 1. The molecule has 1 atom stereocenters. The largest absolute Gasteiger partial charge is 0.393 e. The number of aromatic nitrogens is 1. The zero-order valence-electron chi connectivity index (χ0n) is 12.3. The van der Waals surface area contributed by atoms with Gasteiger partial charge in [0.2, 0.25) is 5.91 Å². The number of hydrogen-bond donors (Lipinski definition) is 2. The molecule has 0 bridgehead atoms. The molecule has 1 aromatic rings. The Labute approximate surface area is 120 Å². The summed E-state index contributed by atoms with van der Waals surface area (Å²) >= 11 is 0. The standard InChI is InChI=1S/C16H24N2O2/c1-3-14(15-9-4-11(2)10-17-15)18-16(20)12-5-7-13(19)8-6-12/h4,9-10,12-14,19H,3,5-8H2,1-2H3,(H,18,20)/t12?,13?,14-/m1/s1. The minimum Gasteiger partial charge on any atom is -0.393 e. The van der Waals surface area contributed by atoms with Gasteiger partial charge in [-0.1, -0.05) is 13.0 Å². The summed E-state index contributed by atoms with van der Waals surface area (Å²) in [5.41, 5.74) is 2.04. The molecule has 4 heteroatoms. The van der Waals surface area contributed by atoms with Crippen molar-refractivity contribution < 1.29 is 9.90 Å². The van der Waals surface area contributed by atoms with Gasteiger partial charge in [-0.3, -0.25) is 9.78 Å². The summed E-state index contributed by atoms with van der Waals surface area (Å²) in [6.45, 7) is 4.06. The van der Waals surface area contributed by atoms with Crippen LogP contribution in [-0.2, 0) is 4.79 Å². The SMILES string of the molecule is CC[C@@H](NC(=O)C1CCC(O)CC1)c1ccc(C)cn1. The molecule has 2 rings (SSSR count). The van der Waals surface area contributed by atoms with Gasteiger partial charge < -0.3 is 10.4 Å². The Balaban J connectivity index is 1.95. The number of pyridine rings is 1. The van der Waals surface area contributed by atoms with Gasteiger partial charge in [-0.25, -0.2) is 0 Å². The minimum absolute atomic E-state index is 0.0186. The van der Waals surface area contributed by atoms with E-state index in [0.717, 1.165) is 43.4 Å². The number of amides is 1. The molecular formula is C16H24N2O2. The van der Waals surface area contributed by atoms with Crippen LogP contribution in [0.3, 0.4) is 0 Å². The fourth-order valence-corrected chi connectivity index (χ4v) is 2.70. The number of hydrogen-bond acceptors (Lipinski definition) is 3. The summed E-state index contributed by atoms with van der Waals surface area (Å²) in [6, 6.07) is 3.98. The van der Waals surface area contributed by atoms with E-state index < -0.39 is 0 Å². The summed E-state index contributed by atoms with van der Waals surface area (Å²) in [7, 11) is 0. The first-order valence-electron chi connectivity index (χ1n) is 7.51. The Kier molecular flexibility index (Phi) is 5.12. The number of rotatable bonds is 4. The third kappa shape index (κ3) is 3.79. The highest BCUT2D eigenvalue weighted by Crippen LogP contribution is 2.25. The highest BCUT2D eigenvalue weighted by Gasteiger charge is 2.26. The Morgan fingerprint density at radius 3 is 2.65 bits per heavy atom. The van der Waals surface area contributed by atoms with Crippen molar-refractivity contribution >= 4 is 5.91 Å². The topological polar surface area (TPSA) is 62.2 Å². The van der Waals surface area contributed by atoms with Gasteiger partial charge >= 0.3 is 0 Å². The second-order valence-corrected chi connectivity index (χ2v) is 5.74. The molecule has 1 saturated carbocycles. The average molecular weight is 276 g/mol. The summed E-state index contributed by atoms with van der Waals surface area (Å²) < 4.78 is 0. The third-order valence-corrected chi connectivity index (χ3v) is 4.08. The van der Waals surface area contributed by atoms with Crippen molar-refractivity contribution in [3.63, 3.8) is 0 Å². The molecule has 0 spiro atoms. The normalized spacial score (nSPS) is 24.1. The van der Waals surface area contributed by atoms with E-state index in [4.69, 9.17) is 0 Å². The van der Waals surface area contributed by atoms with Gasteiger partial charge in [-0.05, 0) is 50.7 Å². The Morgan fingerprint density at radius 2 is 2.10 bits per heavy atom. The number of aryl methyl sites for hydroxylation is 1. The highest BCUT2D eigenvalue weighted by molar-refractivity contribution is 5.79. The van der Waals surface area contributed by atoms with Crippen molar-refractivity contribution in [2.24, 2.45) is 5.92 Å². The van der Waals surface area contributed by atoms with Crippen LogP contribution in [0.25, 0.3) is 0 Å². The molecule has 0 aromatic carbocycles. The molecule has 2 N–H and O–H groups in total. The number of carbonyl (C=O) groups is 1. The fraction of sp³-hybridized carbons (Fsp3) is 0.625. The van der Waals surface area contributed by atoms with Crippen molar-refractivity contribution in [3.05, 3.63) is 29.6 Å². The first kappa shape index (κ1) is 15.0. The van der Waals surface area contributed by atoms with E-state index in [1.807, 2.05) is 25.3 Å².